The smallest absolute Gasteiger partial charge is 0.285 e. The normalized spacial score (nSPS) is 13.5. The molecule has 0 atom stereocenters. The number of aromatic amines is 1. The van der Waals surface area contributed by atoms with Gasteiger partial charge in [0, 0.05) is 17.0 Å². The third kappa shape index (κ3) is 3.65. The summed E-state index contributed by atoms with van der Waals surface area (Å²) in [7, 11) is 0. The van der Waals surface area contributed by atoms with Crippen molar-refractivity contribution < 1.29 is 4.39 Å². The van der Waals surface area contributed by atoms with E-state index >= 15 is 0 Å². The molecule has 1 N–H and O–H groups in total. The lowest BCUT2D eigenvalue weighted by Gasteiger charge is -2.30. The molecule has 3 aromatic rings. The highest BCUT2D eigenvalue weighted by Gasteiger charge is 2.24. The number of aromatic nitrogens is 4. The second kappa shape index (κ2) is 7.46. The minimum Gasteiger partial charge on any atom is -0.363 e. The van der Waals surface area contributed by atoms with Gasteiger partial charge in [0.25, 0.3) is 5.56 Å². The Morgan fingerprint density at radius 2 is 2.11 bits per heavy atom. The number of halogens is 3. The van der Waals surface area contributed by atoms with Crippen molar-refractivity contribution in [2.75, 3.05) is 11.4 Å². The molecule has 138 valence electrons. The van der Waals surface area contributed by atoms with E-state index in [1.807, 2.05) is 4.90 Å². The Morgan fingerprint density at radius 1 is 1.26 bits per heavy atom. The number of hydrogen-bond donors (Lipinski definition) is 1. The number of nitrogens with zero attached hydrogens (tertiary/aromatic N) is 4. The van der Waals surface area contributed by atoms with E-state index in [9.17, 15) is 9.18 Å². The molecule has 0 saturated carbocycles. The Morgan fingerprint density at radius 3 is 2.93 bits per heavy atom. The molecule has 0 amide bonds. The molecule has 3 heterocycles. The maximum absolute atomic E-state index is 13.3. The lowest BCUT2D eigenvalue weighted by molar-refractivity contribution is 0.626. The molecular weight excluding hydrogens is 412 g/mol. The van der Waals surface area contributed by atoms with Gasteiger partial charge < -0.3 is 4.90 Å². The fourth-order valence-electron chi connectivity index (χ4n) is 2.87. The number of H-pyrrole nitrogens is 1. The molecule has 10 heteroatoms. The van der Waals surface area contributed by atoms with E-state index in [1.165, 1.54) is 36.4 Å². The van der Waals surface area contributed by atoms with Crippen molar-refractivity contribution >= 4 is 40.7 Å². The van der Waals surface area contributed by atoms with Crippen LogP contribution in [0.1, 0.15) is 11.3 Å². The van der Waals surface area contributed by atoms with Gasteiger partial charge in [-0.2, -0.15) is 5.10 Å². The minimum atomic E-state index is -0.426. The van der Waals surface area contributed by atoms with E-state index < -0.39 is 5.56 Å². The van der Waals surface area contributed by atoms with Gasteiger partial charge in [0.2, 0.25) is 0 Å². The van der Waals surface area contributed by atoms with Crippen molar-refractivity contribution in [3.63, 3.8) is 0 Å². The zero-order valence-corrected chi connectivity index (χ0v) is 16.1. The summed E-state index contributed by atoms with van der Waals surface area (Å²) >= 11 is 13.6. The third-order valence-corrected chi connectivity index (χ3v) is 6.10. The van der Waals surface area contributed by atoms with Crippen molar-refractivity contribution in [2.24, 2.45) is 0 Å². The van der Waals surface area contributed by atoms with Gasteiger partial charge in [-0.3, -0.25) is 4.79 Å². The summed E-state index contributed by atoms with van der Waals surface area (Å²) < 4.78 is 13.3. The van der Waals surface area contributed by atoms with Crippen LogP contribution in [0.3, 0.4) is 0 Å². The number of hydrogen-bond acceptors (Lipinski definition) is 6. The molecule has 1 aliphatic heterocycles. The predicted octanol–water partition coefficient (Wildman–Crippen LogP) is 3.72. The van der Waals surface area contributed by atoms with E-state index in [-0.39, 0.29) is 10.8 Å². The average molecular weight is 424 g/mol. The van der Waals surface area contributed by atoms with E-state index in [0.717, 1.165) is 21.2 Å². The van der Waals surface area contributed by atoms with Crippen LogP contribution in [-0.2, 0) is 13.0 Å². The predicted molar refractivity (Wildman–Crippen MR) is 102 cm³/mol. The van der Waals surface area contributed by atoms with E-state index in [0.29, 0.717) is 30.2 Å². The van der Waals surface area contributed by atoms with Gasteiger partial charge in [-0.05, 0) is 24.6 Å². The van der Waals surface area contributed by atoms with Gasteiger partial charge in [-0.25, -0.2) is 19.5 Å². The number of benzene rings is 1. The van der Waals surface area contributed by atoms with Crippen LogP contribution < -0.4 is 10.5 Å². The highest BCUT2D eigenvalue weighted by Crippen LogP contribution is 2.37. The number of fused-ring (bicyclic) bond motifs is 1. The van der Waals surface area contributed by atoms with E-state index in [1.54, 1.807) is 6.07 Å². The molecule has 1 aromatic carbocycles. The van der Waals surface area contributed by atoms with Gasteiger partial charge in [0.15, 0.2) is 0 Å². The Bertz CT molecular complexity index is 1080. The van der Waals surface area contributed by atoms with Gasteiger partial charge in [-0.15, -0.1) is 0 Å². The monoisotopic (exact) mass is 423 g/mol. The first kappa shape index (κ1) is 18.2. The zero-order chi connectivity index (χ0) is 19.0. The molecule has 0 saturated heterocycles. The van der Waals surface area contributed by atoms with Crippen molar-refractivity contribution in [1.82, 2.24) is 20.2 Å². The molecule has 0 aliphatic carbocycles. The lowest BCUT2D eigenvalue weighted by atomic mass is 10.1. The van der Waals surface area contributed by atoms with Crippen LogP contribution in [0.4, 0.5) is 10.1 Å². The quantitative estimate of drug-likeness (QED) is 0.646. The summed E-state index contributed by atoms with van der Waals surface area (Å²) in [5.41, 5.74) is 1.99. The van der Waals surface area contributed by atoms with Crippen LogP contribution in [0.15, 0.2) is 45.4 Å². The van der Waals surface area contributed by atoms with Crippen molar-refractivity contribution in [3.05, 3.63) is 68.2 Å². The molecule has 0 spiro atoms. The summed E-state index contributed by atoms with van der Waals surface area (Å²) in [6, 6.07) is 4.28. The molecule has 4 rings (SSSR count). The molecule has 0 fully saturated rings. The van der Waals surface area contributed by atoms with Crippen molar-refractivity contribution in [3.8, 4) is 0 Å². The Labute approximate surface area is 167 Å². The van der Waals surface area contributed by atoms with Gasteiger partial charge in [0.1, 0.15) is 22.2 Å². The maximum Gasteiger partial charge on any atom is 0.285 e. The van der Waals surface area contributed by atoms with E-state index in [4.69, 9.17) is 23.2 Å². The van der Waals surface area contributed by atoms with Crippen molar-refractivity contribution in [2.45, 2.75) is 22.9 Å². The highest BCUT2D eigenvalue weighted by atomic mass is 35.5. The van der Waals surface area contributed by atoms with Crippen LogP contribution >= 0.6 is 35.0 Å². The summed E-state index contributed by atoms with van der Waals surface area (Å²) in [6.45, 7) is 1.11. The fourth-order valence-corrected chi connectivity index (χ4v) is 4.31. The molecule has 27 heavy (non-hydrogen) atoms. The Kier molecular flexibility index (Phi) is 5.03. The van der Waals surface area contributed by atoms with Crippen LogP contribution in [0.25, 0.3) is 0 Å². The van der Waals surface area contributed by atoms with Gasteiger partial charge in [0.05, 0.1) is 29.1 Å². The topological polar surface area (TPSA) is 74.8 Å². The standard InChI is InChI=1S/C17H12Cl2FN5OS/c18-11-5-9(20)1-2-14(11)27-17-10-3-4-25(7-12(10)21-8-22-17)13-6-23-24-16(26)15(13)19/h1-2,5-6,8H,3-4,7H2,(H,24,26). The van der Waals surface area contributed by atoms with Crippen molar-refractivity contribution in [1.29, 1.82) is 0 Å². The summed E-state index contributed by atoms with van der Waals surface area (Å²) in [5, 5.41) is 7.36. The zero-order valence-electron chi connectivity index (χ0n) is 13.7. The molecule has 0 unspecified atom stereocenters. The number of rotatable bonds is 3. The molecule has 0 bridgehead atoms. The summed E-state index contributed by atoms with van der Waals surface area (Å²) in [5.74, 6) is -0.381. The van der Waals surface area contributed by atoms with Gasteiger partial charge >= 0.3 is 0 Å². The second-order valence-corrected chi connectivity index (χ2v) is 7.67. The molecule has 1 aliphatic rings. The van der Waals surface area contributed by atoms with Crippen LogP contribution in [0.5, 0.6) is 0 Å². The first-order valence-electron chi connectivity index (χ1n) is 7.96. The summed E-state index contributed by atoms with van der Waals surface area (Å²) in [6.07, 6.45) is 3.68. The minimum absolute atomic E-state index is 0.107. The third-order valence-electron chi connectivity index (χ3n) is 4.19. The van der Waals surface area contributed by atoms with Gasteiger partial charge in [-0.1, -0.05) is 35.0 Å². The van der Waals surface area contributed by atoms with E-state index in [2.05, 4.69) is 20.2 Å². The van der Waals surface area contributed by atoms with Crippen LogP contribution in [0, 0.1) is 5.82 Å². The largest absolute Gasteiger partial charge is 0.363 e. The Hall–Kier alpha value is -2.16. The molecular formula is C17H12Cl2FN5OS. The molecule has 0 radical (unpaired) electrons. The first-order chi connectivity index (χ1) is 13.0. The SMILES string of the molecule is O=c1[nH]ncc(N2CCc3c(ncnc3Sc3ccc(F)cc3Cl)C2)c1Cl. The maximum atomic E-state index is 13.3. The highest BCUT2D eigenvalue weighted by molar-refractivity contribution is 7.99. The lowest BCUT2D eigenvalue weighted by Crippen LogP contribution is -2.33. The fraction of sp³-hybridized carbons (Fsp3) is 0.176. The second-order valence-electron chi connectivity index (χ2n) is 5.85. The van der Waals surface area contributed by atoms with Crippen LogP contribution in [-0.4, -0.2) is 26.7 Å². The first-order valence-corrected chi connectivity index (χ1v) is 9.54. The summed E-state index contributed by atoms with van der Waals surface area (Å²) in [4.78, 5) is 23.1. The number of nitrogens with one attached hydrogen (secondary N) is 1. The Balaban J connectivity index is 1.63. The average Bonchev–Trinajstić information content (AvgIpc) is 2.66. The van der Waals surface area contributed by atoms with Crippen LogP contribution in [0.2, 0.25) is 10.0 Å². The number of anilines is 1. The molecule has 2 aromatic heterocycles. The molecule has 6 nitrogen and oxygen atoms in total.